The Morgan fingerprint density at radius 2 is 1.95 bits per heavy atom. The van der Waals surface area contributed by atoms with Crippen molar-refractivity contribution in [3.8, 4) is 0 Å². The first-order chi connectivity index (χ1) is 9.56. The van der Waals surface area contributed by atoms with Crippen LogP contribution in [-0.2, 0) is 0 Å². The zero-order valence-corrected chi connectivity index (χ0v) is 12.4. The molecule has 1 aromatic carbocycles. The molecule has 0 fully saturated rings. The van der Waals surface area contributed by atoms with Crippen molar-refractivity contribution in [2.24, 2.45) is 5.10 Å². The molecule has 102 valence electrons. The predicted octanol–water partition coefficient (Wildman–Crippen LogP) is 2.35. The van der Waals surface area contributed by atoms with Crippen LogP contribution in [0.5, 0.6) is 0 Å². The number of nitrogens with zero attached hydrogens (tertiary/aromatic N) is 4. The Morgan fingerprint density at radius 1 is 1.25 bits per heavy atom. The first kappa shape index (κ1) is 13.3. The van der Waals surface area contributed by atoms with Gasteiger partial charge in [0.15, 0.2) is 0 Å². The van der Waals surface area contributed by atoms with Gasteiger partial charge >= 0.3 is 0 Å². The molecule has 20 heavy (non-hydrogen) atoms. The second kappa shape index (κ2) is 5.03. The number of benzene rings is 1. The van der Waals surface area contributed by atoms with Gasteiger partial charge in [0.1, 0.15) is 5.69 Å². The summed E-state index contributed by atoms with van der Waals surface area (Å²) in [5, 5.41) is 13.6. The van der Waals surface area contributed by atoms with Crippen LogP contribution in [-0.4, -0.2) is 25.8 Å². The van der Waals surface area contributed by atoms with Gasteiger partial charge in [0.25, 0.3) is 5.56 Å². The number of fused-ring (bicyclic) bond motifs is 1. The van der Waals surface area contributed by atoms with E-state index in [9.17, 15) is 4.79 Å². The fourth-order valence-corrected chi connectivity index (χ4v) is 2.97. The Hall–Kier alpha value is -1.66. The summed E-state index contributed by atoms with van der Waals surface area (Å²) in [4.78, 5) is 12.1. The second-order valence-electron chi connectivity index (χ2n) is 4.44. The van der Waals surface area contributed by atoms with E-state index in [1.165, 1.54) is 16.4 Å². The molecular weight excluding hydrogens is 296 g/mol. The summed E-state index contributed by atoms with van der Waals surface area (Å²) in [5.74, 6) is 0. The summed E-state index contributed by atoms with van der Waals surface area (Å²) in [6.07, 6.45) is 0. The molecular formula is C13H11ClN4OS. The molecule has 5 nitrogen and oxygen atoms in total. The first-order valence-electron chi connectivity index (χ1n) is 6.04. The van der Waals surface area contributed by atoms with Crippen LogP contribution in [0.4, 0.5) is 0 Å². The quantitative estimate of drug-likeness (QED) is 0.811. The lowest BCUT2D eigenvalue weighted by Crippen LogP contribution is -2.31. The lowest BCUT2D eigenvalue weighted by molar-refractivity contribution is 0.624. The molecule has 7 heteroatoms. The van der Waals surface area contributed by atoms with Crippen LogP contribution in [0.1, 0.15) is 18.2 Å². The van der Waals surface area contributed by atoms with Crippen molar-refractivity contribution in [1.82, 2.24) is 14.9 Å². The highest BCUT2D eigenvalue weighted by Crippen LogP contribution is 2.28. The fraction of sp³-hybridized carbons (Fsp3) is 0.231. The van der Waals surface area contributed by atoms with Crippen molar-refractivity contribution < 1.29 is 0 Å². The van der Waals surface area contributed by atoms with Crippen molar-refractivity contribution in [2.75, 3.05) is 0 Å². The molecule has 1 aromatic heterocycles. The molecule has 0 amide bonds. The van der Waals surface area contributed by atoms with Crippen molar-refractivity contribution in [3.63, 3.8) is 0 Å². The van der Waals surface area contributed by atoms with E-state index >= 15 is 0 Å². The van der Waals surface area contributed by atoms with Crippen molar-refractivity contribution in [1.29, 1.82) is 0 Å². The molecule has 0 spiro atoms. The van der Waals surface area contributed by atoms with Gasteiger partial charge in [-0.05, 0) is 31.5 Å². The van der Waals surface area contributed by atoms with E-state index in [2.05, 4.69) is 15.3 Å². The maximum Gasteiger partial charge on any atom is 0.296 e. The standard InChI is InChI=1S/C13H11ClN4OS/c1-7-12(19)18-13(16-15-7)20-8(2)11(17-18)9-3-5-10(14)6-4-9/h3-6,8H,1-2H3/t8-/m0/s1. The van der Waals surface area contributed by atoms with Gasteiger partial charge in [-0.15, -0.1) is 10.2 Å². The molecule has 1 atom stereocenters. The van der Waals surface area contributed by atoms with E-state index in [0.717, 1.165) is 11.3 Å². The largest absolute Gasteiger partial charge is 0.296 e. The Morgan fingerprint density at radius 3 is 2.65 bits per heavy atom. The topological polar surface area (TPSA) is 60.1 Å². The zero-order valence-electron chi connectivity index (χ0n) is 10.9. The summed E-state index contributed by atoms with van der Waals surface area (Å²) < 4.78 is 1.32. The molecule has 2 heterocycles. The maximum atomic E-state index is 12.1. The highest BCUT2D eigenvalue weighted by molar-refractivity contribution is 8.00. The van der Waals surface area contributed by atoms with Gasteiger partial charge in [-0.3, -0.25) is 4.79 Å². The molecule has 0 radical (unpaired) electrons. The first-order valence-corrected chi connectivity index (χ1v) is 7.30. The summed E-state index contributed by atoms with van der Waals surface area (Å²) in [6, 6.07) is 7.42. The fourth-order valence-electron chi connectivity index (χ4n) is 1.92. The second-order valence-corrected chi connectivity index (χ2v) is 6.18. The average molecular weight is 307 g/mol. The molecule has 1 aliphatic rings. The molecule has 3 rings (SSSR count). The lowest BCUT2D eigenvalue weighted by Gasteiger charge is -2.20. The van der Waals surface area contributed by atoms with E-state index in [4.69, 9.17) is 11.6 Å². The monoisotopic (exact) mass is 306 g/mol. The Kier molecular flexibility index (Phi) is 3.35. The molecule has 0 bridgehead atoms. The number of aromatic nitrogens is 3. The number of hydrogen-bond acceptors (Lipinski definition) is 5. The Bertz CT molecular complexity index is 754. The molecule has 0 N–H and O–H groups in total. The van der Waals surface area contributed by atoms with E-state index in [1.807, 2.05) is 31.2 Å². The van der Waals surface area contributed by atoms with Crippen molar-refractivity contribution in [3.05, 3.63) is 50.9 Å². The van der Waals surface area contributed by atoms with Crippen LogP contribution in [0, 0.1) is 6.92 Å². The molecule has 1 aliphatic heterocycles. The summed E-state index contributed by atoms with van der Waals surface area (Å²) in [5.41, 5.74) is 1.87. The third-order valence-electron chi connectivity index (χ3n) is 2.98. The number of hydrogen-bond donors (Lipinski definition) is 0. The minimum Gasteiger partial charge on any atom is -0.265 e. The minimum absolute atomic E-state index is 0.0904. The molecule has 0 aliphatic carbocycles. The molecule has 0 unspecified atom stereocenters. The molecule has 2 aromatic rings. The van der Waals surface area contributed by atoms with Crippen LogP contribution in [0.15, 0.2) is 39.3 Å². The van der Waals surface area contributed by atoms with Gasteiger partial charge in [-0.2, -0.15) is 9.78 Å². The third-order valence-corrected chi connectivity index (χ3v) is 4.28. The SMILES string of the molecule is Cc1nnc2n(c1=O)N=C(c1ccc(Cl)cc1)[C@H](C)S2. The Labute approximate surface area is 124 Å². The van der Waals surface area contributed by atoms with E-state index in [-0.39, 0.29) is 10.8 Å². The van der Waals surface area contributed by atoms with Gasteiger partial charge in [0.05, 0.1) is 11.0 Å². The van der Waals surface area contributed by atoms with Gasteiger partial charge in [-0.1, -0.05) is 35.5 Å². The van der Waals surface area contributed by atoms with Crippen molar-refractivity contribution >= 4 is 29.1 Å². The highest BCUT2D eigenvalue weighted by Gasteiger charge is 2.24. The number of aryl methyl sites for hydroxylation is 1. The van der Waals surface area contributed by atoms with Crippen molar-refractivity contribution in [2.45, 2.75) is 24.3 Å². The molecule has 0 saturated carbocycles. The Balaban J connectivity index is 2.16. The minimum atomic E-state index is -0.235. The summed E-state index contributed by atoms with van der Waals surface area (Å²) >= 11 is 7.36. The normalized spacial score (nSPS) is 17.6. The zero-order chi connectivity index (χ0) is 14.3. The lowest BCUT2D eigenvalue weighted by atomic mass is 10.1. The maximum absolute atomic E-state index is 12.1. The van der Waals surface area contributed by atoms with Gasteiger partial charge in [-0.25, -0.2) is 0 Å². The highest BCUT2D eigenvalue weighted by atomic mass is 35.5. The predicted molar refractivity (Wildman–Crippen MR) is 79.7 cm³/mol. The van der Waals surface area contributed by atoms with Gasteiger partial charge < -0.3 is 0 Å². The number of halogens is 1. The van der Waals surface area contributed by atoms with E-state index in [1.54, 1.807) is 6.92 Å². The van der Waals surface area contributed by atoms with E-state index in [0.29, 0.717) is 15.9 Å². The number of rotatable bonds is 1. The van der Waals surface area contributed by atoms with E-state index < -0.39 is 0 Å². The van der Waals surface area contributed by atoms with Crippen LogP contribution in [0.3, 0.4) is 0 Å². The summed E-state index contributed by atoms with van der Waals surface area (Å²) in [7, 11) is 0. The van der Waals surface area contributed by atoms with Crippen LogP contribution >= 0.6 is 23.4 Å². The van der Waals surface area contributed by atoms with Crippen LogP contribution in [0.25, 0.3) is 0 Å². The average Bonchev–Trinajstić information content (AvgIpc) is 2.44. The smallest absolute Gasteiger partial charge is 0.265 e. The molecule has 0 saturated heterocycles. The van der Waals surface area contributed by atoms with Crippen LogP contribution < -0.4 is 5.56 Å². The summed E-state index contributed by atoms with van der Waals surface area (Å²) in [6.45, 7) is 3.65. The number of thioether (sulfide) groups is 1. The van der Waals surface area contributed by atoms with Crippen LogP contribution in [0.2, 0.25) is 5.02 Å². The van der Waals surface area contributed by atoms with Gasteiger partial charge in [0.2, 0.25) is 5.16 Å². The van der Waals surface area contributed by atoms with Gasteiger partial charge in [0, 0.05) is 5.02 Å². The third kappa shape index (κ3) is 2.25.